The summed E-state index contributed by atoms with van der Waals surface area (Å²) in [5.74, 6) is 2.20. The molecule has 20 heavy (non-hydrogen) atoms. The van der Waals surface area contributed by atoms with Gasteiger partial charge in [0.15, 0.2) is 5.82 Å². The zero-order valence-corrected chi connectivity index (χ0v) is 12.5. The smallest absolute Gasteiger partial charge is 0.228 e. The van der Waals surface area contributed by atoms with Gasteiger partial charge in [-0.1, -0.05) is 37.2 Å². The molecule has 0 aliphatic rings. The maximum atomic E-state index is 5.26. The lowest BCUT2D eigenvalue weighted by Gasteiger charge is -2.07. The van der Waals surface area contributed by atoms with Gasteiger partial charge in [0.25, 0.3) is 0 Å². The van der Waals surface area contributed by atoms with Crippen LogP contribution in [0.5, 0.6) is 0 Å². The Morgan fingerprint density at radius 2 is 2.00 bits per heavy atom. The van der Waals surface area contributed by atoms with E-state index >= 15 is 0 Å². The van der Waals surface area contributed by atoms with Crippen molar-refractivity contribution in [2.75, 3.05) is 11.9 Å². The monoisotopic (exact) mass is 273 g/mol. The molecule has 0 aliphatic heterocycles. The molecule has 4 nitrogen and oxygen atoms in total. The number of rotatable bonds is 7. The van der Waals surface area contributed by atoms with Crippen LogP contribution in [0.1, 0.15) is 37.5 Å². The van der Waals surface area contributed by atoms with Gasteiger partial charge in [-0.2, -0.15) is 4.98 Å². The van der Waals surface area contributed by atoms with E-state index in [0.717, 1.165) is 37.3 Å². The van der Waals surface area contributed by atoms with E-state index in [1.54, 1.807) is 0 Å². The third-order valence-corrected chi connectivity index (χ3v) is 3.25. The van der Waals surface area contributed by atoms with Crippen LogP contribution in [0.3, 0.4) is 0 Å². The van der Waals surface area contributed by atoms with Gasteiger partial charge >= 0.3 is 0 Å². The van der Waals surface area contributed by atoms with E-state index in [-0.39, 0.29) is 0 Å². The first-order valence-corrected chi connectivity index (χ1v) is 7.26. The maximum absolute atomic E-state index is 5.26. The summed E-state index contributed by atoms with van der Waals surface area (Å²) in [5.41, 5.74) is 2.41. The molecule has 0 saturated heterocycles. The molecule has 0 saturated carbocycles. The molecule has 0 atom stereocenters. The van der Waals surface area contributed by atoms with Gasteiger partial charge < -0.3 is 9.84 Å². The van der Waals surface area contributed by atoms with Crippen molar-refractivity contribution in [3.05, 3.63) is 41.5 Å². The number of nitrogens with one attached hydrogen (secondary N) is 1. The van der Waals surface area contributed by atoms with E-state index in [4.69, 9.17) is 4.52 Å². The highest BCUT2D eigenvalue weighted by Crippen LogP contribution is 2.13. The Morgan fingerprint density at radius 3 is 2.75 bits per heavy atom. The van der Waals surface area contributed by atoms with Crippen molar-refractivity contribution < 1.29 is 4.52 Å². The predicted molar refractivity (Wildman–Crippen MR) is 80.8 cm³/mol. The lowest BCUT2D eigenvalue weighted by Crippen LogP contribution is -2.06. The topological polar surface area (TPSA) is 51.0 Å². The number of anilines is 1. The fourth-order valence-electron chi connectivity index (χ4n) is 1.99. The molecule has 0 spiro atoms. The second-order valence-corrected chi connectivity index (χ2v) is 5.53. The summed E-state index contributed by atoms with van der Waals surface area (Å²) in [5, 5.41) is 7.41. The third-order valence-electron chi connectivity index (χ3n) is 3.25. The molecular weight excluding hydrogens is 250 g/mol. The van der Waals surface area contributed by atoms with Crippen molar-refractivity contribution in [1.29, 1.82) is 0 Å². The Bertz CT molecular complexity index is 534. The Morgan fingerprint density at radius 1 is 1.20 bits per heavy atom. The van der Waals surface area contributed by atoms with Crippen molar-refractivity contribution in [1.82, 2.24) is 10.1 Å². The molecule has 4 heteroatoms. The number of aryl methyl sites for hydroxylation is 2. The number of benzene rings is 1. The van der Waals surface area contributed by atoms with Crippen LogP contribution >= 0.6 is 0 Å². The number of hydrogen-bond acceptors (Lipinski definition) is 4. The minimum absolute atomic E-state index is 0.666. The van der Waals surface area contributed by atoms with Crippen LogP contribution in [0.15, 0.2) is 28.8 Å². The summed E-state index contributed by atoms with van der Waals surface area (Å²) in [6, 6.07) is 8.25. The van der Waals surface area contributed by atoms with Crippen LogP contribution in [0.4, 0.5) is 5.69 Å². The van der Waals surface area contributed by atoms with E-state index < -0.39 is 0 Å². The first-order chi connectivity index (χ1) is 9.65. The molecule has 0 aliphatic carbocycles. The van der Waals surface area contributed by atoms with Crippen LogP contribution in [0.2, 0.25) is 0 Å². The first kappa shape index (κ1) is 14.6. The predicted octanol–water partition coefficient (Wildman–Crippen LogP) is 3.62. The Hall–Kier alpha value is -1.84. The Kier molecular flexibility index (Phi) is 5.16. The van der Waals surface area contributed by atoms with Gasteiger partial charge in [0.1, 0.15) is 0 Å². The summed E-state index contributed by atoms with van der Waals surface area (Å²) < 4.78 is 5.26. The molecule has 0 fully saturated rings. The van der Waals surface area contributed by atoms with E-state index in [1.165, 1.54) is 5.56 Å². The SMILES string of the molecule is Cc1ccccc1NCCc1nc(CCC(C)C)no1. The van der Waals surface area contributed by atoms with Crippen LogP contribution in [-0.4, -0.2) is 16.7 Å². The van der Waals surface area contributed by atoms with Crippen molar-refractivity contribution in [3.63, 3.8) is 0 Å². The summed E-state index contributed by atoms with van der Waals surface area (Å²) in [6.45, 7) is 7.30. The van der Waals surface area contributed by atoms with Crippen LogP contribution in [-0.2, 0) is 12.8 Å². The van der Waals surface area contributed by atoms with Crippen LogP contribution in [0, 0.1) is 12.8 Å². The average molecular weight is 273 g/mol. The molecule has 2 rings (SSSR count). The average Bonchev–Trinajstić information content (AvgIpc) is 2.87. The Balaban J connectivity index is 1.78. The largest absolute Gasteiger partial charge is 0.384 e. The van der Waals surface area contributed by atoms with Crippen molar-refractivity contribution in [3.8, 4) is 0 Å². The minimum Gasteiger partial charge on any atom is -0.384 e. The first-order valence-electron chi connectivity index (χ1n) is 7.26. The van der Waals surface area contributed by atoms with Gasteiger partial charge in [0.05, 0.1) is 0 Å². The van der Waals surface area contributed by atoms with E-state index in [1.807, 2.05) is 12.1 Å². The molecule has 0 radical (unpaired) electrons. The molecule has 1 aromatic heterocycles. The molecule has 1 aromatic carbocycles. The minimum atomic E-state index is 0.666. The summed E-state index contributed by atoms with van der Waals surface area (Å²) in [6.07, 6.45) is 2.75. The van der Waals surface area contributed by atoms with Crippen LogP contribution in [0.25, 0.3) is 0 Å². The maximum Gasteiger partial charge on any atom is 0.228 e. The molecule has 2 aromatic rings. The summed E-state index contributed by atoms with van der Waals surface area (Å²) in [7, 11) is 0. The molecule has 0 bridgehead atoms. The van der Waals surface area contributed by atoms with Gasteiger partial charge in [0, 0.05) is 25.1 Å². The quantitative estimate of drug-likeness (QED) is 0.837. The number of aromatic nitrogens is 2. The third kappa shape index (κ3) is 4.37. The zero-order valence-electron chi connectivity index (χ0n) is 12.5. The number of hydrogen-bond donors (Lipinski definition) is 1. The fourth-order valence-corrected chi connectivity index (χ4v) is 1.99. The van der Waals surface area contributed by atoms with Gasteiger partial charge in [-0.3, -0.25) is 0 Å². The number of nitrogens with zero attached hydrogens (tertiary/aromatic N) is 2. The molecule has 1 heterocycles. The van der Waals surface area contributed by atoms with E-state index in [2.05, 4.69) is 48.4 Å². The molecule has 108 valence electrons. The second kappa shape index (κ2) is 7.08. The van der Waals surface area contributed by atoms with Crippen LogP contribution < -0.4 is 5.32 Å². The van der Waals surface area contributed by atoms with E-state index in [9.17, 15) is 0 Å². The highest BCUT2D eigenvalue weighted by Gasteiger charge is 2.07. The van der Waals surface area contributed by atoms with Gasteiger partial charge in [-0.25, -0.2) is 0 Å². The molecule has 1 N–H and O–H groups in total. The second-order valence-electron chi connectivity index (χ2n) is 5.53. The van der Waals surface area contributed by atoms with Crippen molar-refractivity contribution >= 4 is 5.69 Å². The molecular formula is C16H23N3O. The summed E-state index contributed by atoms with van der Waals surface area (Å²) in [4.78, 5) is 4.42. The number of para-hydroxylation sites is 1. The summed E-state index contributed by atoms with van der Waals surface area (Å²) >= 11 is 0. The van der Waals surface area contributed by atoms with Gasteiger partial charge in [0.2, 0.25) is 5.89 Å². The van der Waals surface area contributed by atoms with E-state index in [0.29, 0.717) is 11.8 Å². The normalized spacial score (nSPS) is 11.0. The zero-order chi connectivity index (χ0) is 14.4. The highest BCUT2D eigenvalue weighted by atomic mass is 16.5. The Labute approximate surface area is 120 Å². The molecule has 0 unspecified atom stereocenters. The van der Waals surface area contributed by atoms with Crippen molar-refractivity contribution in [2.24, 2.45) is 5.92 Å². The fraction of sp³-hybridized carbons (Fsp3) is 0.500. The van der Waals surface area contributed by atoms with Gasteiger partial charge in [-0.15, -0.1) is 0 Å². The molecule has 0 amide bonds. The van der Waals surface area contributed by atoms with Crippen molar-refractivity contribution in [2.45, 2.75) is 40.0 Å². The highest BCUT2D eigenvalue weighted by molar-refractivity contribution is 5.50. The standard InChI is InChI=1S/C16H23N3O/c1-12(2)8-9-15-18-16(20-19-15)10-11-17-14-7-5-4-6-13(14)3/h4-7,12,17H,8-11H2,1-3H3. The lowest BCUT2D eigenvalue weighted by atomic mass is 10.1. The van der Waals surface area contributed by atoms with Gasteiger partial charge in [-0.05, 0) is 30.9 Å². The lowest BCUT2D eigenvalue weighted by molar-refractivity contribution is 0.373.